The van der Waals surface area contributed by atoms with Gasteiger partial charge in [-0.25, -0.2) is 0 Å². The molecule has 0 aromatic heterocycles. The summed E-state index contributed by atoms with van der Waals surface area (Å²) >= 11 is 0. The maximum Gasteiger partial charge on any atom is 0.254 e. The van der Waals surface area contributed by atoms with Gasteiger partial charge in [0.25, 0.3) is 5.91 Å². The van der Waals surface area contributed by atoms with Gasteiger partial charge < -0.3 is 10.2 Å². The molecular formula is C9H8N2O. The van der Waals surface area contributed by atoms with Crippen molar-refractivity contribution in [3.63, 3.8) is 0 Å². The average Bonchev–Trinajstić information content (AvgIpc) is 2.05. The molecule has 60 valence electrons. The quantitative estimate of drug-likeness (QED) is 0.606. The monoisotopic (exact) mass is 160 g/mol. The lowest BCUT2D eigenvalue weighted by Gasteiger charge is -2.40. The Kier molecular flexibility index (Phi) is 0.909. The van der Waals surface area contributed by atoms with Crippen molar-refractivity contribution in [1.29, 1.82) is 0 Å². The summed E-state index contributed by atoms with van der Waals surface area (Å²) in [5.41, 5.74) is 3.26. The van der Waals surface area contributed by atoms with Crippen LogP contribution in [0.15, 0.2) is 18.2 Å². The minimum Gasteiger partial charge on any atom is -0.349 e. The van der Waals surface area contributed by atoms with Gasteiger partial charge in [0.1, 0.15) is 0 Å². The Morgan fingerprint density at radius 1 is 1.42 bits per heavy atom. The van der Waals surface area contributed by atoms with Gasteiger partial charge in [-0.3, -0.25) is 4.79 Å². The molecule has 3 heteroatoms. The van der Waals surface area contributed by atoms with Gasteiger partial charge in [0.2, 0.25) is 0 Å². The molecule has 0 aliphatic carbocycles. The Hall–Kier alpha value is -1.51. The van der Waals surface area contributed by atoms with Crippen molar-refractivity contribution in [3.8, 4) is 0 Å². The normalized spacial score (nSPS) is 18.0. The Labute approximate surface area is 70.0 Å². The van der Waals surface area contributed by atoms with Crippen LogP contribution in [-0.2, 0) is 6.54 Å². The predicted molar refractivity (Wildman–Crippen MR) is 45.0 cm³/mol. The molecule has 3 rings (SSSR count). The molecule has 1 aromatic carbocycles. The molecule has 0 bridgehead atoms. The van der Waals surface area contributed by atoms with Crippen LogP contribution >= 0.6 is 0 Å². The summed E-state index contributed by atoms with van der Waals surface area (Å²) in [6, 6.07) is 5.89. The molecule has 0 radical (unpaired) electrons. The molecule has 0 atom stereocenters. The van der Waals surface area contributed by atoms with Crippen LogP contribution in [0.2, 0.25) is 0 Å². The number of anilines is 1. The van der Waals surface area contributed by atoms with E-state index >= 15 is 0 Å². The van der Waals surface area contributed by atoms with Gasteiger partial charge in [-0.05, 0) is 11.6 Å². The van der Waals surface area contributed by atoms with E-state index in [4.69, 9.17) is 0 Å². The molecule has 12 heavy (non-hydrogen) atoms. The summed E-state index contributed by atoms with van der Waals surface area (Å²) in [4.78, 5) is 13.5. The van der Waals surface area contributed by atoms with Crippen molar-refractivity contribution >= 4 is 11.6 Å². The van der Waals surface area contributed by atoms with Crippen molar-refractivity contribution in [2.45, 2.75) is 6.54 Å². The molecule has 2 aliphatic rings. The van der Waals surface area contributed by atoms with Crippen LogP contribution in [0.3, 0.4) is 0 Å². The third-order valence-corrected chi connectivity index (χ3v) is 2.47. The molecule has 3 nitrogen and oxygen atoms in total. The second kappa shape index (κ2) is 1.80. The molecule has 0 saturated heterocycles. The first-order valence-electron chi connectivity index (χ1n) is 4.01. The summed E-state index contributed by atoms with van der Waals surface area (Å²) in [6.45, 7) is 1.65. The molecule has 2 aliphatic heterocycles. The second-order valence-electron chi connectivity index (χ2n) is 3.18. The number of hydrogen-bond acceptors (Lipinski definition) is 2. The maximum absolute atomic E-state index is 11.3. The minimum absolute atomic E-state index is 0.0581. The van der Waals surface area contributed by atoms with E-state index in [9.17, 15) is 4.79 Å². The summed E-state index contributed by atoms with van der Waals surface area (Å²) < 4.78 is 0. The van der Waals surface area contributed by atoms with Crippen LogP contribution in [0, 0.1) is 0 Å². The zero-order chi connectivity index (χ0) is 8.13. The fourth-order valence-electron chi connectivity index (χ4n) is 1.87. The summed E-state index contributed by atoms with van der Waals surface area (Å²) in [5.74, 6) is 0.0581. The van der Waals surface area contributed by atoms with Crippen molar-refractivity contribution in [1.82, 2.24) is 5.32 Å². The van der Waals surface area contributed by atoms with Crippen molar-refractivity contribution < 1.29 is 4.79 Å². The third kappa shape index (κ3) is 0.548. The third-order valence-electron chi connectivity index (χ3n) is 2.47. The molecule has 2 heterocycles. The van der Waals surface area contributed by atoms with E-state index in [-0.39, 0.29) is 5.91 Å². The van der Waals surface area contributed by atoms with Crippen LogP contribution in [0.4, 0.5) is 5.69 Å². The van der Waals surface area contributed by atoms with Crippen LogP contribution < -0.4 is 10.2 Å². The maximum atomic E-state index is 11.3. The Morgan fingerprint density at radius 2 is 2.33 bits per heavy atom. The lowest BCUT2D eigenvalue weighted by molar-refractivity contribution is 0.0945. The molecule has 1 aromatic rings. The molecule has 1 N–H and O–H groups in total. The highest BCUT2D eigenvalue weighted by Crippen LogP contribution is 2.37. The highest BCUT2D eigenvalue weighted by molar-refractivity contribution is 6.03. The van der Waals surface area contributed by atoms with Crippen LogP contribution in [0.25, 0.3) is 0 Å². The SMILES string of the molecule is O=C1NCN2Cc3cccc1c32. The van der Waals surface area contributed by atoms with E-state index in [0.717, 1.165) is 17.8 Å². The number of hydrogen-bond donors (Lipinski definition) is 1. The van der Waals surface area contributed by atoms with E-state index < -0.39 is 0 Å². The molecule has 0 spiro atoms. The highest BCUT2D eigenvalue weighted by Gasteiger charge is 2.31. The number of carbonyl (C=O) groups is 1. The van der Waals surface area contributed by atoms with Gasteiger partial charge in [-0.1, -0.05) is 12.1 Å². The standard InChI is InChI=1S/C9H8N2O/c12-9-7-3-1-2-6-4-11(5-10-9)8(6)7/h1-3H,4-5H2,(H,10,12). The summed E-state index contributed by atoms with van der Waals surface area (Å²) in [5, 5.41) is 2.82. The van der Waals surface area contributed by atoms with E-state index in [2.05, 4.69) is 16.3 Å². The molecule has 0 saturated carbocycles. The van der Waals surface area contributed by atoms with Crippen molar-refractivity contribution in [3.05, 3.63) is 29.3 Å². The molecule has 1 amide bonds. The first kappa shape index (κ1) is 6.06. The van der Waals surface area contributed by atoms with E-state index in [0.29, 0.717) is 6.67 Å². The van der Waals surface area contributed by atoms with E-state index in [1.54, 1.807) is 0 Å². The minimum atomic E-state index is 0.0581. The topological polar surface area (TPSA) is 32.3 Å². The van der Waals surface area contributed by atoms with Gasteiger partial charge in [-0.15, -0.1) is 0 Å². The first-order chi connectivity index (χ1) is 5.86. The molecular weight excluding hydrogens is 152 g/mol. The Morgan fingerprint density at radius 3 is 3.17 bits per heavy atom. The zero-order valence-electron chi connectivity index (χ0n) is 6.50. The van der Waals surface area contributed by atoms with Gasteiger partial charge in [0.05, 0.1) is 17.9 Å². The fraction of sp³-hybridized carbons (Fsp3) is 0.222. The van der Waals surface area contributed by atoms with Gasteiger partial charge >= 0.3 is 0 Å². The van der Waals surface area contributed by atoms with Gasteiger partial charge in [-0.2, -0.15) is 0 Å². The largest absolute Gasteiger partial charge is 0.349 e. The zero-order valence-corrected chi connectivity index (χ0v) is 6.50. The number of benzene rings is 1. The van der Waals surface area contributed by atoms with E-state index in [1.807, 2.05) is 12.1 Å². The van der Waals surface area contributed by atoms with Gasteiger partial charge in [0, 0.05) is 6.54 Å². The summed E-state index contributed by atoms with van der Waals surface area (Å²) in [6.07, 6.45) is 0. The average molecular weight is 160 g/mol. The highest BCUT2D eigenvalue weighted by atomic mass is 16.2. The smallest absolute Gasteiger partial charge is 0.254 e. The van der Waals surface area contributed by atoms with Crippen molar-refractivity contribution in [2.24, 2.45) is 0 Å². The Balaban J connectivity index is 2.28. The predicted octanol–water partition coefficient (Wildman–Crippen LogP) is 0.707. The number of nitrogens with zero attached hydrogens (tertiary/aromatic N) is 1. The number of amides is 1. The second-order valence-corrected chi connectivity index (χ2v) is 3.18. The number of rotatable bonds is 0. The fourth-order valence-corrected chi connectivity index (χ4v) is 1.87. The number of nitrogens with one attached hydrogen (secondary N) is 1. The first-order valence-corrected chi connectivity index (χ1v) is 4.01. The van der Waals surface area contributed by atoms with Crippen LogP contribution in [0.1, 0.15) is 15.9 Å². The van der Waals surface area contributed by atoms with Gasteiger partial charge in [0.15, 0.2) is 0 Å². The van der Waals surface area contributed by atoms with Crippen molar-refractivity contribution in [2.75, 3.05) is 11.6 Å². The van der Waals surface area contributed by atoms with E-state index in [1.165, 1.54) is 5.56 Å². The number of para-hydroxylation sites is 1. The Bertz CT molecular complexity index is 373. The molecule has 0 fully saturated rings. The number of carbonyl (C=O) groups excluding carboxylic acids is 1. The summed E-state index contributed by atoms with van der Waals surface area (Å²) in [7, 11) is 0. The lowest BCUT2D eigenvalue weighted by Crippen LogP contribution is -2.48. The van der Waals surface area contributed by atoms with Crippen LogP contribution in [-0.4, -0.2) is 12.6 Å². The van der Waals surface area contributed by atoms with Crippen LogP contribution in [0.5, 0.6) is 0 Å². The lowest BCUT2D eigenvalue weighted by atomic mass is 9.97. The molecule has 0 unspecified atom stereocenters.